The van der Waals surface area contributed by atoms with E-state index in [2.05, 4.69) is 0 Å². The second-order valence-corrected chi connectivity index (χ2v) is 5.33. The number of anilines is 1. The van der Waals surface area contributed by atoms with E-state index in [1.54, 1.807) is 30.2 Å². The van der Waals surface area contributed by atoms with Crippen molar-refractivity contribution >= 4 is 17.4 Å². The summed E-state index contributed by atoms with van der Waals surface area (Å²) in [4.78, 5) is 26.4. The second-order valence-electron chi connectivity index (χ2n) is 5.33. The molecule has 1 unspecified atom stereocenters. The molecule has 0 saturated heterocycles. The van der Waals surface area contributed by atoms with Crippen LogP contribution in [0.15, 0.2) is 48.5 Å². The van der Waals surface area contributed by atoms with Crippen molar-refractivity contribution in [1.82, 2.24) is 0 Å². The van der Waals surface area contributed by atoms with Crippen LogP contribution in [-0.4, -0.2) is 18.8 Å². The molecule has 0 bridgehead atoms. The van der Waals surface area contributed by atoms with Crippen LogP contribution >= 0.6 is 0 Å². The van der Waals surface area contributed by atoms with Gasteiger partial charge in [-0.25, -0.2) is 0 Å². The highest BCUT2D eigenvalue weighted by molar-refractivity contribution is 6.09. The molecule has 2 aromatic rings. The monoisotopic (exact) mass is 295 g/mol. The summed E-state index contributed by atoms with van der Waals surface area (Å²) >= 11 is 0. The van der Waals surface area contributed by atoms with Crippen molar-refractivity contribution in [1.29, 1.82) is 0 Å². The first-order valence-electron chi connectivity index (χ1n) is 7.18. The average molecular weight is 295 g/mol. The Bertz CT molecular complexity index is 724. The Labute approximate surface area is 129 Å². The summed E-state index contributed by atoms with van der Waals surface area (Å²) in [7, 11) is 1.56. The molecule has 4 heteroatoms. The molecule has 1 atom stereocenters. The third-order valence-electron chi connectivity index (χ3n) is 3.98. The Morgan fingerprint density at radius 2 is 1.91 bits per heavy atom. The number of rotatable bonds is 2. The number of fused-ring (bicyclic) bond motifs is 1. The summed E-state index contributed by atoms with van der Waals surface area (Å²) in [6.45, 7) is 1.53. The number of ether oxygens (including phenoxy) is 1. The van der Waals surface area contributed by atoms with Gasteiger partial charge in [0.25, 0.3) is 0 Å². The van der Waals surface area contributed by atoms with Crippen LogP contribution in [-0.2, 0) is 4.79 Å². The predicted molar refractivity (Wildman–Crippen MR) is 84.3 cm³/mol. The van der Waals surface area contributed by atoms with E-state index in [9.17, 15) is 9.59 Å². The van der Waals surface area contributed by atoms with Gasteiger partial charge in [-0.2, -0.15) is 0 Å². The maximum atomic E-state index is 12.5. The van der Waals surface area contributed by atoms with Gasteiger partial charge in [0.15, 0.2) is 5.78 Å². The normalized spacial score (nSPS) is 17.1. The topological polar surface area (TPSA) is 46.6 Å². The molecule has 0 radical (unpaired) electrons. The van der Waals surface area contributed by atoms with Gasteiger partial charge >= 0.3 is 0 Å². The summed E-state index contributed by atoms with van der Waals surface area (Å²) in [5.41, 5.74) is 2.16. The minimum atomic E-state index is -0.257. The Kier molecular flexibility index (Phi) is 3.67. The van der Waals surface area contributed by atoms with Crippen LogP contribution in [0.5, 0.6) is 5.75 Å². The minimum absolute atomic E-state index is 0.0280. The molecular formula is C18H17NO3. The van der Waals surface area contributed by atoms with E-state index in [1.165, 1.54) is 6.92 Å². The van der Waals surface area contributed by atoms with E-state index in [1.807, 2.05) is 30.3 Å². The molecule has 22 heavy (non-hydrogen) atoms. The smallest absolute Gasteiger partial charge is 0.224 e. The molecule has 1 amide bonds. The number of nitrogens with zero attached hydrogens (tertiary/aromatic N) is 1. The highest BCUT2D eigenvalue weighted by Gasteiger charge is 2.34. The number of carbonyl (C=O) groups is 2. The molecule has 0 fully saturated rings. The zero-order valence-corrected chi connectivity index (χ0v) is 12.6. The number of ketones is 1. The van der Waals surface area contributed by atoms with E-state index in [0.717, 1.165) is 5.56 Å². The zero-order valence-electron chi connectivity index (χ0n) is 12.6. The van der Waals surface area contributed by atoms with Gasteiger partial charge in [-0.3, -0.25) is 9.59 Å². The number of hydrogen-bond donors (Lipinski definition) is 0. The molecule has 1 aliphatic heterocycles. The maximum Gasteiger partial charge on any atom is 0.224 e. The van der Waals surface area contributed by atoms with Crippen molar-refractivity contribution < 1.29 is 14.3 Å². The molecule has 4 nitrogen and oxygen atoms in total. The van der Waals surface area contributed by atoms with Crippen molar-refractivity contribution in [3.05, 3.63) is 59.7 Å². The molecule has 0 N–H and O–H groups in total. The second kappa shape index (κ2) is 5.64. The van der Waals surface area contributed by atoms with Crippen LogP contribution < -0.4 is 9.64 Å². The maximum absolute atomic E-state index is 12.5. The van der Waals surface area contributed by atoms with Gasteiger partial charge in [-0.15, -0.1) is 0 Å². The molecule has 0 saturated carbocycles. The van der Waals surface area contributed by atoms with Crippen molar-refractivity contribution in [2.24, 2.45) is 0 Å². The molecule has 3 rings (SSSR count). The fraction of sp³-hybridized carbons (Fsp3) is 0.222. The first-order valence-corrected chi connectivity index (χ1v) is 7.18. The number of amides is 1. The van der Waals surface area contributed by atoms with Crippen LogP contribution in [0, 0.1) is 0 Å². The molecule has 1 heterocycles. The number of benzene rings is 2. The number of hydrogen-bond acceptors (Lipinski definition) is 3. The van der Waals surface area contributed by atoms with Crippen LogP contribution in [0.25, 0.3) is 0 Å². The van der Waals surface area contributed by atoms with Gasteiger partial charge < -0.3 is 9.64 Å². The van der Waals surface area contributed by atoms with Gasteiger partial charge in [0.05, 0.1) is 18.8 Å². The summed E-state index contributed by atoms with van der Waals surface area (Å²) in [6, 6.07) is 14.7. The Hall–Kier alpha value is -2.62. The summed E-state index contributed by atoms with van der Waals surface area (Å²) in [6.07, 6.45) is 0.282. The molecule has 0 aromatic heterocycles. The summed E-state index contributed by atoms with van der Waals surface area (Å²) < 4.78 is 5.18. The fourth-order valence-electron chi connectivity index (χ4n) is 2.95. The average Bonchev–Trinajstić information content (AvgIpc) is 2.54. The Balaban J connectivity index is 2.12. The van der Waals surface area contributed by atoms with Gasteiger partial charge in [0, 0.05) is 18.9 Å². The number of Topliss-reactive ketones (excluding diaryl/α,β-unsaturated/α-hetero) is 1. The standard InChI is InChI=1S/C18H17NO3/c1-12(20)19-16-9-8-14(22-2)10-15(16)18(21)11-17(19)13-6-4-3-5-7-13/h3-10,17H,11H2,1-2H3. The first-order chi connectivity index (χ1) is 10.6. The molecule has 112 valence electrons. The molecule has 2 aromatic carbocycles. The molecule has 1 aliphatic rings. The number of methoxy groups -OCH3 is 1. The third kappa shape index (κ3) is 2.37. The van der Waals surface area contributed by atoms with Crippen molar-refractivity contribution in [2.75, 3.05) is 12.0 Å². The lowest BCUT2D eigenvalue weighted by molar-refractivity contribution is -0.117. The van der Waals surface area contributed by atoms with Crippen LogP contribution in [0.3, 0.4) is 0 Å². The van der Waals surface area contributed by atoms with Crippen molar-refractivity contribution in [2.45, 2.75) is 19.4 Å². The fourth-order valence-corrected chi connectivity index (χ4v) is 2.95. The Morgan fingerprint density at radius 1 is 1.18 bits per heavy atom. The van der Waals surface area contributed by atoms with Crippen LogP contribution in [0.2, 0.25) is 0 Å². The lowest BCUT2D eigenvalue weighted by atomic mass is 9.90. The predicted octanol–water partition coefficient (Wildman–Crippen LogP) is 3.38. The van der Waals surface area contributed by atoms with Gasteiger partial charge in [-0.05, 0) is 23.8 Å². The minimum Gasteiger partial charge on any atom is -0.497 e. The van der Waals surface area contributed by atoms with Crippen molar-refractivity contribution in [3.8, 4) is 5.75 Å². The lowest BCUT2D eigenvalue weighted by Gasteiger charge is -2.36. The number of carbonyl (C=O) groups excluding carboxylic acids is 2. The quantitative estimate of drug-likeness (QED) is 0.853. The van der Waals surface area contributed by atoms with Gasteiger partial charge in [0.2, 0.25) is 5.91 Å². The van der Waals surface area contributed by atoms with E-state index in [-0.39, 0.29) is 24.2 Å². The molecule has 0 aliphatic carbocycles. The first kappa shape index (κ1) is 14.3. The lowest BCUT2D eigenvalue weighted by Crippen LogP contribution is -2.38. The third-order valence-corrected chi connectivity index (χ3v) is 3.98. The zero-order chi connectivity index (χ0) is 15.7. The van der Waals surface area contributed by atoms with Gasteiger partial charge in [0.1, 0.15) is 5.75 Å². The largest absolute Gasteiger partial charge is 0.497 e. The molecular weight excluding hydrogens is 278 g/mol. The molecule has 0 spiro atoms. The summed E-state index contributed by atoms with van der Waals surface area (Å²) in [5, 5.41) is 0. The van der Waals surface area contributed by atoms with Gasteiger partial charge in [-0.1, -0.05) is 30.3 Å². The van der Waals surface area contributed by atoms with Crippen LogP contribution in [0.4, 0.5) is 5.69 Å². The SMILES string of the molecule is COc1ccc2c(c1)C(=O)CC(c1ccccc1)N2C(C)=O. The van der Waals surface area contributed by atoms with E-state index in [0.29, 0.717) is 17.0 Å². The Morgan fingerprint density at radius 3 is 2.55 bits per heavy atom. The summed E-state index contributed by atoms with van der Waals surface area (Å²) in [5.74, 6) is 0.571. The highest BCUT2D eigenvalue weighted by Crippen LogP contribution is 2.39. The highest BCUT2D eigenvalue weighted by atomic mass is 16.5. The van der Waals surface area contributed by atoms with Crippen molar-refractivity contribution in [3.63, 3.8) is 0 Å². The van der Waals surface area contributed by atoms with Crippen LogP contribution in [0.1, 0.15) is 35.3 Å². The van der Waals surface area contributed by atoms with E-state index < -0.39 is 0 Å². The van der Waals surface area contributed by atoms with E-state index in [4.69, 9.17) is 4.74 Å². The van der Waals surface area contributed by atoms with E-state index >= 15 is 0 Å².